The molecule has 1 saturated carbocycles. The minimum absolute atomic E-state index is 0.0235. The maximum Gasteiger partial charge on any atom is 0.410 e. The predicted molar refractivity (Wildman–Crippen MR) is 138 cm³/mol. The highest BCUT2D eigenvalue weighted by Crippen LogP contribution is 2.56. The molecule has 1 aromatic heterocycles. The Morgan fingerprint density at radius 2 is 1.69 bits per heavy atom. The monoisotopic (exact) mass is 513 g/mol. The molecule has 5 rings (SSSR count). The summed E-state index contributed by atoms with van der Waals surface area (Å²) in [6.07, 6.45) is 4.01. The summed E-state index contributed by atoms with van der Waals surface area (Å²) < 4.78 is 34.4. The Morgan fingerprint density at radius 3 is 2.31 bits per heavy atom. The van der Waals surface area contributed by atoms with E-state index in [-0.39, 0.29) is 28.5 Å². The average Bonchev–Trinajstić information content (AvgIpc) is 3.17. The molecule has 194 valence electrons. The van der Waals surface area contributed by atoms with Crippen molar-refractivity contribution in [1.82, 2.24) is 14.9 Å². The van der Waals surface area contributed by atoms with Crippen LogP contribution in [0.15, 0.2) is 41.6 Å². The Labute approximate surface area is 213 Å². The second-order valence-electron chi connectivity index (χ2n) is 11.3. The Morgan fingerprint density at radius 1 is 1.03 bits per heavy atom. The van der Waals surface area contributed by atoms with Gasteiger partial charge in [0.25, 0.3) is 10.0 Å². The van der Waals surface area contributed by atoms with Crippen molar-refractivity contribution in [2.45, 2.75) is 81.9 Å². The van der Waals surface area contributed by atoms with E-state index >= 15 is 0 Å². The lowest BCUT2D eigenvalue weighted by atomic mass is 9.66. The third kappa shape index (κ3) is 4.09. The quantitative estimate of drug-likeness (QED) is 0.613. The number of ether oxygens (including phenoxy) is 1. The minimum atomic E-state index is -3.75. The highest BCUT2D eigenvalue weighted by Gasteiger charge is 2.54. The molecule has 0 radical (unpaired) electrons. The lowest BCUT2D eigenvalue weighted by Crippen LogP contribution is -2.59. The molecule has 3 aliphatic rings. The van der Waals surface area contributed by atoms with Crippen LogP contribution in [0.5, 0.6) is 0 Å². The van der Waals surface area contributed by atoms with E-state index in [0.29, 0.717) is 25.5 Å². The van der Waals surface area contributed by atoms with Crippen LogP contribution in [0.2, 0.25) is 0 Å². The Bertz CT molecular complexity index is 1260. The van der Waals surface area contributed by atoms with E-state index in [0.717, 1.165) is 30.6 Å². The van der Waals surface area contributed by atoms with Crippen molar-refractivity contribution < 1.29 is 17.9 Å². The number of aromatic nitrogens is 2. The van der Waals surface area contributed by atoms with Crippen LogP contribution in [0, 0.1) is 0 Å². The molecule has 1 amide bonds. The van der Waals surface area contributed by atoms with Gasteiger partial charge in [-0.25, -0.2) is 27.5 Å². The van der Waals surface area contributed by atoms with E-state index in [1.54, 1.807) is 29.2 Å². The maximum atomic E-state index is 13.7. The van der Waals surface area contributed by atoms with Crippen LogP contribution in [-0.2, 0) is 20.2 Å². The first-order valence-electron chi connectivity index (χ1n) is 12.6. The second kappa shape index (κ2) is 8.61. The molecule has 0 bridgehead atoms. The third-order valence-electron chi connectivity index (χ3n) is 7.55. The molecule has 1 aromatic carbocycles. The minimum Gasteiger partial charge on any atom is -0.444 e. The van der Waals surface area contributed by atoms with Crippen molar-refractivity contribution >= 4 is 27.8 Å². The molecule has 0 N–H and O–H groups in total. The summed E-state index contributed by atoms with van der Waals surface area (Å²) in [4.78, 5) is 26.3. The fourth-order valence-electron chi connectivity index (χ4n) is 5.60. The molecule has 2 aromatic rings. The number of carbonyl (C=O) groups excluding carboxylic acids is 1. The largest absolute Gasteiger partial charge is 0.444 e. The number of hydrogen-bond acceptors (Lipinski definition) is 7. The van der Waals surface area contributed by atoms with E-state index < -0.39 is 15.6 Å². The molecule has 9 nitrogen and oxygen atoms in total. The number of sulfonamides is 1. The van der Waals surface area contributed by atoms with Crippen LogP contribution in [0.3, 0.4) is 0 Å². The zero-order valence-corrected chi connectivity index (χ0v) is 22.5. The highest BCUT2D eigenvalue weighted by atomic mass is 32.2. The summed E-state index contributed by atoms with van der Waals surface area (Å²) in [7, 11) is -3.75. The number of amides is 1. The SMILES string of the molecule is C[C@@H]1CN(c2ncnc3c2C2(CCC2)CN3S(=O)(=O)c2ccccc2)[C@@H](C)CN1C(=O)OC(C)(C)C. The smallest absolute Gasteiger partial charge is 0.410 e. The number of benzene rings is 1. The molecular weight excluding hydrogens is 478 g/mol. The van der Waals surface area contributed by atoms with E-state index in [2.05, 4.69) is 16.8 Å². The normalized spacial score (nSPS) is 23.4. The van der Waals surface area contributed by atoms with Crippen molar-refractivity contribution in [3.63, 3.8) is 0 Å². The number of rotatable bonds is 3. The summed E-state index contributed by atoms with van der Waals surface area (Å²) >= 11 is 0. The molecule has 3 heterocycles. The van der Waals surface area contributed by atoms with E-state index in [1.165, 1.54) is 10.6 Å². The van der Waals surface area contributed by atoms with Crippen LogP contribution < -0.4 is 9.21 Å². The molecule has 2 fully saturated rings. The first-order valence-corrected chi connectivity index (χ1v) is 14.1. The Balaban J connectivity index is 1.50. The molecule has 0 unspecified atom stereocenters. The van der Waals surface area contributed by atoms with Crippen LogP contribution in [0.1, 0.15) is 59.4 Å². The van der Waals surface area contributed by atoms with E-state index in [1.807, 2.05) is 33.8 Å². The number of carbonyl (C=O) groups is 1. The van der Waals surface area contributed by atoms with Gasteiger partial charge in [-0.1, -0.05) is 24.6 Å². The van der Waals surface area contributed by atoms with Crippen molar-refractivity contribution in [2.75, 3.05) is 28.8 Å². The van der Waals surface area contributed by atoms with Gasteiger partial charge in [-0.3, -0.25) is 0 Å². The van der Waals surface area contributed by atoms with Gasteiger partial charge in [0.15, 0.2) is 5.82 Å². The molecule has 2 atom stereocenters. The van der Waals surface area contributed by atoms with Crippen molar-refractivity contribution in [2.24, 2.45) is 0 Å². The third-order valence-corrected chi connectivity index (χ3v) is 9.30. The van der Waals surface area contributed by atoms with Crippen LogP contribution >= 0.6 is 0 Å². The number of anilines is 2. The van der Waals surface area contributed by atoms with Gasteiger partial charge in [-0.2, -0.15) is 0 Å². The first kappa shape index (κ1) is 24.8. The molecule has 2 aliphatic heterocycles. The molecule has 1 spiro atoms. The lowest BCUT2D eigenvalue weighted by molar-refractivity contribution is 0.0129. The zero-order valence-electron chi connectivity index (χ0n) is 21.6. The van der Waals surface area contributed by atoms with Gasteiger partial charge in [-0.15, -0.1) is 0 Å². The maximum absolute atomic E-state index is 13.7. The van der Waals surface area contributed by atoms with Crippen molar-refractivity contribution in [3.05, 3.63) is 42.2 Å². The lowest BCUT2D eigenvalue weighted by Gasteiger charge is -2.46. The Kier molecular flexibility index (Phi) is 5.93. The first-order chi connectivity index (χ1) is 16.9. The van der Waals surface area contributed by atoms with Crippen LogP contribution in [-0.4, -0.2) is 66.7 Å². The molecule has 36 heavy (non-hydrogen) atoms. The predicted octanol–water partition coefficient (Wildman–Crippen LogP) is 3.94. The molecule has 1 aliphatic carbocycles. The van der Waals surface area contributed by atoms with Gasteiger partial charge in [0.05, 0.1) is 4.90 Å². The summed E-state index contributed by atoms with van der Waals surface area (Å²) in [5.74, 6) is 1.27. The number of hydrogen-bond donors (Lipinski definition) is 0. The standard InChI is InChI=1S/C26H35N5O4S/c1-18-15-30(24(32)35-25(3,4)5)19(2)14-29(18)22-21-23(28-17-27-22)31(16-26(21)12-9-13-26)36(33,34)20-10-7-6-8-11-20/h6-8,10-11,17-19H,9,12-16H2,1-5H3/t18-,19+/m0/s1. The summed E-state index contributed by atoms with van der Waals surface area (Å²) in [6, 6.07) is 8.42. The molecular formula is C26H35N5O4S. The Hall–Kier alpha value is -2.88. The van der Waals surface area contributed by atoms with Gasteiger partial charge < -0.3 is 14.5 Å². The topological polar surface area (TPSA) is 95.9 Å². The van der Waals surface area contributed by atoms with E-state index in [4.69, 9.17) is 9.72 Å². The number of nitrogens with zero attached hydrogens (tertiary/aromatic N) is 5. The average molecular weight is 514 g/mol. The van der Waals surface area contributed by atoms with Crippen LogP contribution in [0.4, 0.5) is 16.4 Å². The van der Waals surface area contributed by atoms with Crippen molar-refractivity contribution in [3.8, 4) is 0 Å². The van der Waals surface area contributed by atoms with Gasteiger partial charge in [0.1, 0.15) is 17.7 Å². The van der Waals surface area contributed by atoms with Gasteiger partial charge >= 0.3 is 6.09 Å². The molecule has 1 saturated heterocycles. The molecule has 10 heteroatoms. The summed E-state index contributed by atoms with van der Waals surface area (Å²) in [5.41, 5.74) is 0.0918. The highest BCUT2D eigenvalue weighted by molar-refractivity contribution is 7.92. The van der Waals surface area contributed by atoms with Crippen molar-refractivity contribution in [1.29, 1.82) is 0 Å². The summed E-state index contributed by atoms with van der Waals surface area (Å²) in [5, 5.41) is 0. The summed E-state index contributed by atoms with van der Waals surface area (Å²) in [6.45, 7) is 11.1. The van der Waals surface area contributed by atoms with Gasteiger partial charge in [0, 0.05) is 42.7 Å². The van der Waals surface area contributed by atoms with Gasteiger partial charge in [-0.05, 0) is 59.6 Å². The fraction of sp³-hybridized carbons (Fsp3) is 0.577. The number of piperazine rings is 1. The zero-order chi connectivity index (χ0) is 25.9. The van der Waals surface area contributed by atoms with E-state index in [9.17, 15) is 13.2 Å². The van der Waals surface area contributed by atoms with Crippen LogP contribution in [0.25, 0.3) is 0 Å². The number of fused-ring (bicyclic) bond motifs is 2. The fourth-order valence-corrected chi connectivity index (χ4v) is 7.14. The van der Waals surface area contributed by atoms with Gasteiger partial charge in [0.2, 0.25) is 0 Å². The second-order valence-corrected chi connectivity index (χ2v) is 13.2.